The Balaban J connectivity index is 2.46. The average molecular weight is 387 g/mol. The van der Waals surface area contributed by atoms with Crippen LogP contribution in [0.1, 0.15) is 26.2 Å². The van der Waals surface area contributed by atoms with E-state index in [2.05, 4.69) is 21.3 Å². The maximum absolute atomic E-state index is 11.5. The standard InChI is InChI=1S/C15H19ClN4O2S2/c1-2-12(21)19-14(23)17-10-5-7-11(8-6-10)18-15(24)20-13(22)4-3-9-16/h5-8H,2-4,9H2,1H3,(H2,17,19,21,23)(H2,18,20,22,24). The molecule has 0 bridgehead atoms. The average Bonchev–Trinajstić information content (AvgIpc) is 2.54. The first-order valence-electron chi connectivity index (χ1n) is 7.32. The van der Waals surface area contributed by atoms with Crippen molar-refractivity contribution in [2.24, 2.45) is 0 Å². The SMILES string of the molecule is CCC(=O)NC(=S)Nc1ccc(NC(=S)NC(=O)CCCCl)cc1. The second kappa shape index (κ2) is 10.9. The van der Waals surface area contributed by atoms with E-state index >= 15 is 0 Å². The highest BCUT2D eigenvalue weighted by Crippen LogP contribution is 2.13. The Morgan fingerprint density at radius 3 is 1.83 bits per heavy atom. The van der Waals surface area contributed by atoms with Crippen LogP contribution in [-0.2, 0) is 9.59 Å². The van der Waals surface area contributed by atoms with Crippen LogP contribution in [0.4, 0.5) is 11.4 Å². The largest absolute Gasteiger partial charge is 0.332 e. The summed E-state index contributed by atoms with van der Waals surface area (Å²) >= 11 is 15.6. The molecule has 24 heavy (non-hydrogen) atoms. The first kappa shape index (κ1) is 20.3. The van der Waals surface area contributed by atoms with Gasteiger partial charge in [-0.05, 0) is 55.1 Å². The van der Waals surface area contributed by atoms with Gasteiger partial charge in [0.15, 0.2) is 10.2 Å². The highest BCUT2D eigenvalue weighted by atomic mass is 35.5. The summed E-state index contributed by atoms with van der Waals surface area (Å²) in [5.41, 5.74) is 1.44. The van der Waals surface area contributed by atoms with Crippen molar-refractivity contribution in [1.29, 1.82) is 0 Å². The van der Waals surface area contributed by atoms with Crippen molar-refractivity contribution in [3.63, 3.8) is 0 Å². The molecule has 130 valence electrons. The van der Waals surface area contributed by atoms with Gasteiger partial charge in [-0.25, -0.2) is 0 Å². The lowest BCUT2D eigenvalue weighted by Gasteiger charge is -2.11. The second-order valence-corrected chi connectivity index (χ2v) is 5.92. The maximum Gasteiger partial charge on any atom is 0.226 e. The lowest BCUT2D eigenvalue weighted by Crippen LogP contribution is -2.34. The van der Waals surface area contributed by atoms with Gasteiger partial charge in [0.2, 0.25) is 11.8 Å². The third-order valence-corrected chi connectivity index (χ3v) is 3.44. The van der Waals surface area contributed by atoms with Crippen LogP contribution >= 0.6 is 36.0 Å². The van der Waals surface area contributed by atoms with Crippen molar-refractivity contribution in [2.75, 3.05) is 16.5 Å². The number of benzene rings is 1. The molecular formula is C15H19ClN4O2S2. The van der Waals surface area contributed by atoms with E-state index in [1.165, 1.54) is 0 Å². The molecule has 0 aliphatic heterocycles. The van der Waals surface area contributed by atoms with E-state index in [4.69, 9.17) is 36.0 Å². The third kappa shape index (κ3) is 8.19. The lowest BCUT2D eigenvalue weighted by molar-refractivity contribution is -0.120. The predicted octanol–water partition coefficient (Wildman–Crippen LogP) is 2.74. The van der Waals surface area contributed by atoms with Gasteiger partial charge in [0.25, 0.3) is 0 Å². The number of alkyl halides is 1. The van der Waals surface area contributed by atoms with Crippen molar-refractivity contribution in [2.45, 2.75) is 26.2 Å². The van der Waals surface area contributed by atoms with E-state index < -0.39 is 0 Å². The molecule has 0 atom stereocenters. The number of rotatable bonds is 6. The van der Waals surface area contributed by atoms with Crippen LogP contribution < -0.4 is 21.3 Å². The molecule has 4 N–H and O–H groups in total. The molecule has 0 fully saturated rings. The lowest BCUT2D eigenvalue weighted by atomic mass is 10.3. The van der Waals surface area contributed by atoms with Crippen LogP contribution in [-0.4, -0.2) is 27.9 Å². The van der Waals surface area contributed by atoms with Crippen LogP contribution in [0.2, 0.25) is 0 Å². The van der Waals surface area contributed by atoms with Crippen LogP contribution in [0.5, 0.6) is 0 Å². The van der Waals surface area contributed by atoms with Crippen LogP contribution in [0, 0.1) is 0 Å². The Morgan fingerprint density at radius 2 is 1.42 bits per heavy atom. The Hall–Kier alpha value is -1.77. The third-order valence-electron chi connectivity index (χ3n) is 2.77. The quantitative estimate of drug-likeness (QED) is 0.444. The number of nitrogens with one attached hydrogen (secondary N) is 4. The van der Waals surface area contributed by atoms with E-state index in [9.17, 15) is 9.59 Å². The smallest absolute Gasteiger partial charge is 0.226 e. The van der Waals surface area contributed by atoms with Gasteiger partial charge in [-0.15, -0.1) is 11.6 Å². The zero-order valence-corrected chi connectivity index (χ0v) is 15.5. The van der Waals surface area contributed by atoms with Gasteiger partial charge in [-0.2, -0.15) is 0 Å². The van der Waals surface area contributed by atoms with Crippen LogP contribution in [0.25, 0.3) is 0 Å². The molecule has 0 unspecified atom stereocenters. The van der Waals surface area contributed by atoms with Gasteiger partial charge in [-0.1, -0.05) is 6.92 Å². The zero-order valence-electron chi connectivity index (χ0n) is 13.1. The van der Waals surface area contributed by atoms with Gasteiger partial charge in [0, 0.05) is 30.1 Å². The zero-order chi connectivity index (χ0) is 17.9. The molecular weight excluding hydrogens is 368 g/mol. The van der Waals surface area contributed by atoms with Gasteiger partial charge < -0.3 is 21.3 Å². The number of anilines is 2. The molecule has 0 saturated heterocycles. The van der Waals surface area contributed by atoms with Crippen molar-refractivity contribution < 1.29 is 9.59 Å². The number of hydrogen-bond acceptors (Lipinski definition) is 4. The summed E-state index contributed by atoms with van der Waals surface area (Å²) in [7, 11) is 0. The molecule has 1 aromatic rings. The molecule has 0 saturated carbocycles. The summed E-state index contributed by atoms with van der Waals surface area (Å²) in [5.74, 6) is 0.104. The topological polar surface area (TPSA) is 82.3 Å². The van der Waals surface area contributed by atoms with Gasteiger partial charge in [0.05, 0.1) is 0 Å². The molecule has 9 heteroatoms. The van der Waals surface area contributed by atoms with E-state index in [0.29, 0.717) is 30.8 Å². The highest BCUT2D eigenvalue weighted by Gasteiger charge is 2.05. The molecule has 0 aromatic heterocycles. The van der Waals surface area contributed by atoms with E-state index in [1.807, 2.05) is 0 Å². The number of amides is 2. The summed E-state index contributed by atoms with van der Waals surface area (Å²) in [4.78, 5) is 22.8. The normalized spacial score (nSPS) is 9.75. The minimum atomic E-state index is -0.177. The van der Waals surface area contributed by atoms with Crippen molar-refractivity contribution in [3.05, 3.63) is 24.3 Å². The number of carbonyl (C=O) groups is 2. The van der Waals surface area contributed by atoms with Gasteiger partial charge in [0.1, 0.15) is 0 Å². The van der Waals surface area contributed by atoms with Gasteiger partial charge >= 0.3 is 0 Å². The molecule has 1 aromatic carbocycles. The molecule has 0 aliphatic rings. The second-order valence-electron chi connectivity index (χ2n) is 4.73. The molecule has 0 spiro atoms. The molecule has 1 rings (SSSR count). The minimum absolute atomic E-state index is 0.152. The van der Waals surface area contributed by atoms with Crippen molar-refractivity contribution in [3.8, 4) is 0 Å². The first-order valence-corrected chi connectivity index (χ1v) is 8.67. The summed E-state index contributed by atoms with van der Waals surface area (Å²) in [5, 5.41) is 11.4. The summed E-state index contributed by atoms with van der Waals surface area (Å²) < 4.78 is 0. The Labute approximate surface area is 156 Å². The summed E-state index contributed by atoms with van der Waals surface area (Å²) in [6, 6.07) is 7.07. The molecule has 6 nitrogen and oxygen atoms in total. The fourth-order valence-corrected chi connectivity index (χ4v) is 2.19. The van der Waals surface area contributed by atoms with E-state index in [1.54, 1.807) is 31.2 Å². The van der Waals surface area contributed by atoms with E-state index in [-0.39, 0.29) is 22.0 Å². The van der Waals surface area contributed by atoms with Crippen LogP contribution in [0.15, 0.2) is 24.3 Å². The summed E-state index contributed by atoms with van der Waals surface area (Å²) in [6.07, 6.45) is 1.29. The molecule has 2 amide bonds. The van der Waals surface area contributed by atoms with Crippen LogP contribution in [0.3, 0.4) is 0 Å². The van der Waals surface area contributed by atoms with Crippen molar-refractivity contribution in [1.82, 2.24) is 10.6 Å². The number of hydrogen-bond donors (Lipinski definition) is 4. The Morgan fingerprint density at radius 1 is 0.958 bits per heavy atom. The fourth-order valence-electron chi connectivity index (χ4n) is 1.59. The van der Waals surface area contributed by atoms with Gasteiger partial charge in [-0.3, -0.25) is 9.59 Å². The number of halogens is 1. The highest BCUT2D eigenvalue weighted by molar-refractivity contribution is 7.80. The maximum atomic E-state index is 11.5. The number of carbonyl (C=O) groups excluding carboxylic acids is 2. The first-order chi connectivity index (χ1) is 11.4. The Kier molecular flexibility index (Phi) is 9.21. The molecule has 0 heterocycles. The summed E-state index contributed by atoms with van der Waals surface area (Å²) in [6.45, 7) is 1.75. The molecule has 0 aliphatic carbocycles. The Bertz CT molecular complexity index is 608. The number of thiocarbonyl (C=S) groups is 2. The monoisotopic (exact) mass is 386 g/mol. The van der Waals surface area contributed by atoms with E-state index in [0.717, 1.165) is 5.69 Å². The predicted molar refractivity (Wildman–Crippen MR) is 105 cm³/mol. The molecule has 0 radical (unpaired) electrons. The minimum Gasteiger partial charge on any atom is -0.332 e. The van der Waals surface area contributed by atoms with Crippen molar-refractivity contribution >= 4 is 69.5 Å². The fraction of sp³-hybridized carbons (Fsp3) is 0.333.